The van der Waals surface area contributed by atoms with Gasteiger partial charge in [-0.25, -0.2) is 0 Å². The summed E-state index contributed by atoms with van der Waals surface area (Å²) in [6.07, 6.45) is 3.84. The van der Waals surface area contributed by atoms with Crippen molar-refractivity contribution in [2.45, 2.75) is 53.1 Å². The summed E-state index contributed by atoms with van der Waals surface area (Å²) < 4.78 is 4.71. The van der Waals surface area contributed by atoms with Crippen LogP contribution in [0.5, 0.6) is 0 Å². The van der Waals surface area contributed by atoms with Crippen LogP contribution in [0.1, 0.15) is 47.0 Å². The summed E-state index contributed by atoms with van der Waals surface area (Å²) in [5.41, 5.74) is 0.307. The van der Waals surface area contributed by atoms with E-state index < -0.39 is 0 Å². The van der Waals surface area contributed by atoms with Crippen molar-refractivity contribution in [1.29, 1.82) is 0 Å². The minimum Gasteiger partial charge on any atom is -0.373 e. The van der Waals surface area contributed by atoms with Crippen LogP contribution in [0.2, 0.25) is 0 Å². The molecule has 0 radical (unpaired) electrons. The van der Waals surface area contributed by atoms with Crippen molar-refractivity contribution < 1.29 is 9.53 Å². The van der Waals surface area contributed by atoms with Gasteiger partial charge in [-0.2, -0.15) is 0 Å². The van der Waals surface area contributed by atoms with E-state index in [4.69, 9.17) is 4.74 Å². The van der Waals surface area contributed by atoms with Crippen LogP contribution in [-0.2, 0) is 9.53 Å². The molecule has 1 saturated heterocycles. The van der Waals surface area contributed by atoms with Gasteiger partial charge in [0.15, 0.2) is 0 Å². The van der Waals surface area contributed by atoms with Gasteiger partial charge in [-0.1, -0.05) is 20.8 Å². The highest BCUT2D eigenvalue weighted by Crippen LogP contribution is 2.63. The maximum atomic E-state index is 11.6. The quantitative estimate of drug-likeness (QED) is 0.575. The number of Topliss-reactive ketones (excluding diaryl/α,β-unsaturated/α-hetero) is 1. The second-order valence-corrected chi connectivity index (χ2v) is 6.06. The largest absolute Gasteiger partial charge is 0.373 e. The number of carbonyl (C=O) groups is 1. The van der Waals surface area contributed by atoms with Crippen molar-refractivity contribution in [2.75, 3.05) is 6.61 Å². The lowest BCUT2D eigenvalue weighted by molar-refractivity contribution is -0.128. The third-order valence-electron chi connectivity index (χ3n) is 4.98. The van der Waals surface area contributed by atoms with E-state index in [2.05, 4.69) is 27.7 Å². The maximum Gasteiger partial charge on any atom is 0.139 e. The van der Waals surface area contributed by atoms with E-state index in [1.807, 2.05) is 0 Å². The fourth-order valence-electron chi connectivity index (χ4n) is 3.00. The number of rotatable bonds is 0. The Morgan fingerprint density at radius 3 is 2.00 bits per heavy atom. The van der Waals surface area contributed by atoms with Gasteiger partial charge in [0.2, 0.25) is 0 Å². The zero-order valence-electron chi connectivity index (χ0n) is 10.3. The molecule has 0 aromatic rings. The van der Waals surface area contributed by atoms with Crippen molar-refractivity contribution >= 4 is 5.78 Å². The molecule has 0 spiro atoms. The molecule has 0 amide bonds. The third-order valence-corrected chi connectivity index (χ3v) is 4.98. The van der Waals surface area contributed by atoms with Crippen LogP contribution in [0.4, 0.5) is 0 Å². The molecule has 1 heterocycles. The predicted molar refractivity (Wildman–Crippen MR) is 59.7 cm³/mol. The molecule has 1 aliphatic heterocycles. The first-order valence-electron chi connectivity index (χ1n) is 6.03. The lowest BCUT2D eigenvalue weighted by Crippen LogP contribution is -2.32. The molecule has 2 nitrogen and oxygen atoms in total. The minimum atomic E-state index is 0.0255. The second-order valence-electron chi connectivity index (χ2n) is 6.06. The molecule has 3 unspecified atom stereocenters. The molecule has 0 N–H and O–H groups in total. The Hall–Kier alpha value is -0.370. The van der Waals surface area contributed by atoms with Crippen LogP contribution >= 0.6 is 0 Å². The molecule has 2 saturated carbocycles. The molecule has 2 bridgehead atoms. The van der Waals surface area contributed by atoms with Crippen LogP contribution in [0.15, 0.2) is 0 Å². The summed E-state index contributed by atoms with van der Waals surface area (Å²) in [4.78, 5) is 11.6. The molecule has 15 heavy (non-hydrogen) atoms. The van der Waals surface area contributed by atoms with Gasteiger partial charge in [0, 0.05) is 11.8 Å². The smallest absolute Gasteiger partial charge is 0.139 e. The SMILES string of the molecule is CC12CCC(CC1=O)C2(C)C.CC1CO1. The van der Waals surface area contributed by atoms with Gasteiger partial charge in [-0.3, -0.25) is 4.79 Å². The molecule has 86 valence electrons. The first-order valence-corrected chi connectivity index (χ1v) is 6.03. The lowest BCUT2D eigenvalue weighted by Gasteiger charge is -2.32. The summed E-state index contributed by atoms with van der Waals surface area (Å²) >= 11 is 0. The van der Waals surface area contributed by atoms with Gasteiger partial charge in [0.05, 0.1) is 12.7 Å². The van der Waals surface area contributed by atoms with E-state index in [0.717, 1.165) is 19.4 Å². The molecule has 0 aromatic heterocycles. The topological polar surface area (TPSA) is 29.6 Å². The second kappa shape index (κ2) is 3.31. The van der Waals surface area contributed by atoms with E-state index in [1.165, 1.54) is 6.42 Å². The van der Waals surface area contributed by atoms with E-state index in [1.54, 1.807) is 0 Å². The third kappa shape index (κ3) is 1.63. The molecule has 2 heteroatoms. The summed E-state index contributed by atoms with van der Waals surface area (Å²) in [7, 11) is 0. The van der Waals surface area contributed by atoms with Crippen molar-refractivity contribution in [3.63, 3.8) is 0 Å². The minimum absolute atomic E-state index is 0.0255. The number of epoxide rings is 1. The van der Waals surface area contributed by atoms with Gasteiger partial charge in [-0.05, 0) is 31.1 Å². The zero-order chi connectivity index (χ0) is 11.3. The van der Waals surface area contributed by atoms with Crippen molar-refractivity contribution in [1.82, 2.24) is 0 Å². The monoisotopic (exact) mass is 210 g/mol. The Morgan fingerprint density at radius 2 is 1.87 bits per heavy atom. The number of carbonyl (C=O) groups excluding carboxylic acids is 1. The average Bonchev–Trinajstić information content (AvgIpc) is 2.86. The summed E-state index contributed by atoms with van der Waals surface area (Å²) in [6.45, 7) is 9.72. The molecular formula is C13H22O2. The van der Waals surface area contributed by atoms with Crippen LogP contribution < -0.4 is 0 Å². The Labute approximate surface area is 92.4 Å². The fraction of sp³-hybridized carbons (Fsp3) is 0.923. The van der Waals surface area contributed by atoms with Gasteiger partial charge >= 0.3 is 0 Å². The fourth-order valence-corrected chi connectivity index (χ4v) is 3.00. The van der Waals surface area contributed by atoms with E-state index in [-0.39, 0.29) is 10.8 Å². The molecule has 3 fully saturated rings. The Kier molecular flexibility index (Phi) is 2.45. The highest BCUT2D eigenvalue weighted by molar-refractivity contribution is 5.89. The Bertz CT molecular complexity index is 278. The van der Waals surface area contributed by atoms with Crippen molar-refractivity contribution in [3.05, 3.63) is 0 Å². The van der Waals surface area contributed by atoms with E-state index >= 15 is 0 Å². The van der Waals surface area contributed by atoms with Crippen LogP contribution in [-0.4, -0.2) is 18.5 Å². The molecule has 3 aliphatic rings. The Morgan fingerprint density at radius 1 is 1.33 bits per heavy atom. The van der Waals surface area contributed by atoms with Crippen molar-refractivity contribution in [3.8, 4) is 0 Å². The maximum absolute atomic E-state index is 11.6. The highest BCUT2D eigenvalue weighted by atomic mass is 16.6. The first kappa shape index (κ1) is 11.1. The van der Waals surface area contributed by atoms with E-state index in [0.29, 0.717) is 17.8 Å². The molecule has 3 rings (SSSR count). The molecule has 0 aromatic carbocycles. The summed E-state index contributed by atoms with van der Waals surface area (Å²) in [6, 6.07) is 0. The number of ketones is 1. The average molecular weight is 210 g/mol. The van der Waals surface area contributed by atoms with E-state index in [9.17, 15) is 4.79 Å². The standard InChI is InChI=1S/C10H16O.C3H6O/c1-9(2)7-4-5-10(9,3)8(11)6-7;1-3-2-4-3/h7H,4-6H2,1-3H3;3H,2H2,1H3. The predicted octanol–water partition coefficient (Wildman–Crippen LogP) is 2.81. The molecular weight excluding hydrogens is 188 g/mol. The molecule has 3 atom stereocenters. The Balaban J connectivity index is 0.000000179. The van der Waals surface area contributed by atoms with Gasteiger partial charge in [-0.15, -0.1) is 0 Å². The van der Waals surface area contributed by atoms with Crippen LogP contribution in [0, 0.1) is 16.7 Å². The van der Waals surface area contributed by atoms with Crippen LogP contribution in [0.25, 0.3) is 0 Å². The highest BCUT2D eigenvalue weighted by Gasteiger charge is 2.61. The first-order chi connectivity index (χ1) is 6.88. The van der Waals surface area contributed by atoms with Gasteiger partial charge < -0.3 is 4.74 Å². The number of fused-ring (bicyclic) bond motifs is 2. The summed E-state index contributed by atoms with van der Waals surface area (Å²) in [5.74, 6) is 1.19. The van der Waals surface area contributed by atoms with Gasteiger partial charge in [0.25, 0.3) is 0 Å². The number of ether oxygens (including phenoxy) is 1. The zero-order valence-corrected chi connectivity index (χ0v) is 10.3. The van der Waals surface area contributed by atoms with Crippen molar-refractivity contribution in [2.24, 2.45) is 16.7 Å². The number of hydrogen-bond donors (Lipinski definition) is 0. The lowest BCUT2D eigenvalue weighted by atomic mass is 9.70. The van der Waals surface area contributed by atoms with Crippen LogP contribution in [0.3, 0.4) is 0 Å². The normalized spacial score (nSPS) is 44.9. The van der Waals surface area contributed by atoms with Gasteiger partial charge in [0.1, 0.15) is 5.78 Å². The summed E-state index contributed by atoms with van der Waals surface area (Å²) in [5, 5.41) is 0. The number of hydrogen-bond acceptors (Lipinski definition) is 2. The molecule has 2 aliphatic carbocycles.